The molecule has 148 valence electrons. The van der Waals surface area contributed by atoms with Gasteiger partial charge in [-0.1, -0.05) is 38.1 Å². The van der Waals surface area contributed by atoms with Crippen molar-refractivity contribution < 1.29 is 24.2 Å². The van der Waals surface area contributed by atoms with Crippen LogP contribution < -0.4 is 5.32 Å². The van der Waals surface area contributed by atoms with E-state index in [4.69, 9.17) is 4.74 Å². The monoisotopic (exact) mass is 376 g/mol. The number of benzene rings is 1. The Labute approximate surface area is 159 Å². The maximum atomic E-state index is 13.2. The predicted octanol–water partition coefficient (Wildman–Crippen LogP) is 2.57. The van der Waals surface area contributed by atoms with Gasteiger partial charge in [0.15, 0.2) is 0 Å². The quantitative estimate of drug-likeness (QED) is 0.842. The van der Waals surface area contributed by atoms with Gasteiger partial charge in [0.2, 0.25) is 5.91 Å². The smallest absolute Gasteiger partial charge is 0.408 e. The summed E-state index contributed by atoms with van der Waals surface area (Å²) < 4.78 is 5.25. The first-order valence-corrected chi connectivity index (χ1v) is 9.09. The largest absolute Gasteiger partial charge is 0.480 e. The van der Waals surface area contributed by atoms with Crippen LogP contribution in [0.15, 0.2) is 24.3 Å². The number of nitrogens with one attached hydrogen (secondary N) is 1. The second kappa shape index (κ2) is 7.98. The maximum absolute atomic E-state index is 13.2. The third-order valence-electron chi connectivity index (χ3n) is 4.42. The van der Waals surface area contributed by atoms with Crippen LogP contribution in [-0.4, -0.2) is 45.7 Å². The molecule has 1 aliphatic rings. The normalized spacial score (nSPS) is 17.9. The molecule has 0 saturated heterocycles. The number of carbonyl (C=O) groups excluding carboxylic acids is 2. The number of hydrogen-bond acceptors (Lipinski definition) is 4. The molecule has 2 atom stereocenters. The summed E-state index contributed by atoms with van der Waals surface area (Å²) in [6.07, 6.45) is -0.451. The van der Waals surface area contributed by atoms with Gasteiger partial charge in [-0.05, 0) is 37.8 Å². The van der Waals surface area contributed by atoms with Gasteiger partial charge in [0.25, 0.3) is 0 Å². The summed E-state index contributed by atoms with van der Waals surface area (Å²) in [4.78, 5) is 38.4. The molecule has 0 fully saturated rings. The van der Waals surface area contributed by atoms with Gasteiger partial charge in [-0.15, -0.1) is 0 Å². The second-order valence-corrected chi connectivity index (χ2v) is 8.16. The van der Waals surface area contributed by atoms with E-state index in [2.05, 4.69) is 5.32 Å². The molecule has 0 saturated carbocycles. The molecule has 0 bridgehead atoms. The SMILES string of the molecule is CC(C)C(NC(=O)OC(C)(C)C)C(=O)N1Cc2ccccc2C[C@@H]1C(=O)O. The molecule has 1 aliphatic heterocycles. The minimum atomic E-state index is -1.06. The zero-order chi connectivity index (χ0) is 20.4. The fourth-order valence-electron chi connectivity index (χ4n) is 3.10. The molecular formula is C20H28N2O5. The number of hydrogen-bond donors (Lipinski definition) is 2. The molecule has 2 N–H and O–H groups in total. The van der Waals surface area contributed by atoms with Crippen molar-refractivity contribution in [1.82, 2.24) is 10.2 Å². The van der Waals surface area contributed by atoms with Gasteiger partial charge < -0.3 is 20.1 Å². The molecule has 0 aliphatic carbocycles. The Morgan fingerprint density at radius 2 is 1.78 bits per heavy atom. The molecule has 0 spiro atoms. The summed E-state index contributed by atoms with van der Waals surface area (Å²) in [6, 6.07) is 5.66. The van der Waals surface area contributed by atoms with Gasteiger partial charge >= 0.3 is 12.1 Å². The molecule has 2 rings (SSSR count). The van der Waals surface area contributed by atoms with E-state index in [9.17, 15) is 19.5 Å². The third-order valence-corrected chi connectivity index (χ3v) is 4.42. The van der Waals surface area contributed by atoms with E-state index in [-0.39, 0.29) is 18.9 Å². The highest BCUT2D eigenvalue weighted by atomic mass is 16.6. The molecule has 2 amide bonds. The summed E-state index contributed by atoms with van der Waals surface area (Å²) in [5, 5.41) is 12.2. The number of carboxylic acids is 1. The number of amides is 2. The Kier molecular flexibility index (Phi) is 6.13. The highest BCUT2D eigenvalue weighted by Crippen LogP contribution is 2.25. The van der Waals surface area contributed by atoms with Crippen molar-refractivity contribution in [2.24, 2.45) is 5.92 Å². The Morgan fingerprint density at radius 1 is 1.19 bits per heavy atom. The number of rotatable bonds is 4. The van der Waals surface area contributed by atoms with Gasteiger partial charge in [0.05, 0.1) is 0 Å². The van der Waals surface area contributed by atoms with Gasteiger partial charge in [0.1, 0.15) is 17.7 Å². The highest BCUT2D eigenvalue weighted by Gasteiger charge is 2.39. The molecule has 1 aromatic carbocycles. The molecule has 1 aromatic rings. The zero-order valence-corrected chi connectivity index (χ0v) is 16.5. The summed E-state index contributed by atoms with van der Waals surface area (Å²) in [6.45, 7) is 9.01. The number of fused-ring (bicyclic) bond motifs is 1. The first-order valence-electron chi connectivity index (χ1n) is 9.09. The summed E-state index contributed by atoms with van der Waals surface area (Å²) in [5.74, 6) is -1.70. The van der Waals surface area contributed by atoms with E-state index >= 15 is 0 Å². The summed E-state index contributed by atoms with van der Waals surface area (Å²) in [7, 11) is 0. The average molecular weight is 376 g/mol. The standard InChI is InChI=1S/C20H28N2O5/c1-12(2)16(21-19(26)27-20(3,4)5)17(23)22-11-14-9-7-6-8-13(14)10-15(22)18(24)25/h6-9,12,15-16H,10-11H2,1-5H3,(H,21,26)(H,24,25)/t15-,16?/m1/s1. The van der Waals surface area contributed by atoms with Crippen LogP contribution in [0.2, 0.25) is 0 Å². The second-order valence-electron chi connectivity index (χ2n) is 8.16. The van der Waals surface area contributed by atoms with Gasteiger partial charge in [-0.25, -0.2) is 9.59 Å². The molecule has 7 nitrogen and oxygen atoms in total. The molecule has 0 radical (unpaired) electrons. The molecule has 7 heteroatoms. The number of aliphatic carboxylic acids is 1. The Bertz CT molecular complexity index is 723. The fraction of sp³-hybridized carbons (Fsp3) is 0.550. The van der Waals surface area contributed by atoms with Crippen LogP contribution in [-0.2, 0) is 27.3 Å². The average Bonchev–Trinajstić information content (AvgIpc) is 2.56. The van der Waals surface area contributed by atoms with Crippen LogP contribution in [0.1, 0.15) is 45.7 Å². The van der Waals surface area contributed by atoms with Gasteiger partial charge in [-0.3, -0.25) is 4.79 Å². The first-order chi connectivity index (χ1) is 12.5. The lowest BCUT2D eigenvalue weighted by Gasteiger charge is -2.37. The van der Waals surface area contributed by atoms with Crippen molar-refractivity contribution in [3.05, 3.63) is 35.4 Å². The van der Waals surface area contributed by atoms with Crippen LogP contribution in [0.3, 0.4) is 0 Å². The minimum absolute atomic E-state index is 0.200. The van der Waals surface area contributed by atoms with Crippen LogP contribution in [0.5, 0.6) is 0 Å². The maximum Gasteiger partial charge on any atom is 0.408 e. The topological polar surface area (TPSA) is 95.9 Å². The van der Waals surface area contributed by atoms with Crippen LogP contribution in [0, 0.1) is 5.92 Å². The summed E-state index contributed by atoms with van der Waals surface area (Å²) in [5.41, 5.74) is 1.15. The number of carbonyl (C=O) groups is 3. The van der Waals surface area contributed by atoms with E-state index in [1.165, 1.54) is 4.90 Å². The number of carboxylic acid groups (broad SMARTS) is 1. The molecular weight excluding hydrogens is 348 g/mol. The van der Waals surface area contributed by atoms with Crippen LogP contribution >= 0.6 is 0 Å². The summed E-state index contributed by atoms with van der Waals surface area (Å²) >= 11 is 0. The van der Waals surface area contributed by atoms with Crippen molar-refractivity contribution in [2.45, 2.75) is 65.3 Å². The minimum Gasteiger partial charge on any atom is -0.480 e. The van der Waals surface area contributed by atoms with Crippen molar-refractivity contribution >= 4 is 18.0 Å². The third kappa shape index (κ3) is 5.21. The lowest BCUT2D eigenvalue weighted by atomic mass is 9.92. The molecule has 0 aromatic heterocycles. The van der Waals surface area contributed by atoms with Gasteiger partial charge in [-0.2, -0.15) is 0 Å². The van der Waals surface area contributed by atoms with E-state index in [1.54, 1.807) is 34.6 Å². The van der Waals surface area contributed by atoms with E-state index < -0.39 is 35.7 Å². The zero-order valence-electron chi connectivity index (χ0n) is 16.5. The van der Waals surface area contributed by atoms with Crippen molar-refractivity contribution in [2.75, 3.05) is 0 Å². The van der Waals surface area contributed by atoms with Crippen molar-refractivity contribution in [1.29, 1.82) is 0 Å². The van der Waals surface area contributed by atoms with Crippen LogP contribution in [0.25, 0.3) is 0 Å². The molecule has 1 unspecified atom stereocenters. The first kappa shape index (κ1) is 20.7. The fourth-order valence-corrected chi connectivity index (χ4v) is 3.10. The highest BCUT2D eigenvalue weighted by molar-refractivity contribution is 5.90. The predicted molar refractivity (Wildman–Crippen MR) is 100 cm³/mol. The van der Waals surface area contributed by atoms with Crippen molar-refractivity contribution in [3.8, 4) is 0 Å². The molecule has 1 heterocycles. The van der Waals surface area contributed by atoms with E-state index in [0.717, 1.165) is 11.1 Å². The Hall–Kier alpha value is -2.57. The van der Waals surface area contributed by atoms with Crippen LogP contribution in [0.4, 0.5) is 4.79 Å². The van der Waals surface area contributed by atoms with E-state index in [0.29, 0.717) is 0 Å². The Balaban J connectivity index is 2.25. The lowest BCUT2D eigenvalue weighted by molar-refractivity contribution is -0.152. The number of nitrogens with zero attached hydrogens (tertiary/aromatic N) is 1. The number of ether oxygens (including phenoxy) is 1. The Morgan fingerprint density at radius 3 is 2.30 bits per heavy atom. The van der Waals surface area contributed by atoms with Crippen molar-refractivity contribution in [3.63, 3.8) is 0 Å². The number of alkyl carbamates (subject to hydrolysis) is 1. The molecule has 27 heavy (non-hydrogen) atoms. The van der Waals surface area contributed by atoms with Gasteiger partial charge in [0, 0.05) is 13.0 Å². The lowest BCUT2D eigenvalue weighted by Crippen LogP contribution is -2.57. The van der Waals surface area contributed by atoms with E-state index in [1.807, 2.05) is 24.3 Å².